The molecule has 9 nitrogen and oxygen atoms in total. The van der Waals surface area contributed by atoms with Gasteiger partial charge in [0, 0.05) is 53.7 Å². The molecule has 1 saturated heterocycles. The third-order valence-electron chi connectivity index (χ3n) is 9.93. The lowest BCUT2D eigenvalue weighted by Crippen LogP contribution is -2.48. The van der Waals surface area contributed by atoms with E-state index in [1.807, 2.05) is 58.5 Å². The van der Waals surface area contributed by atoms with Crippen LogP contribution in [-0.4, -0.2) is 63.5 Å². The number of carbonyl (C=O) groups is 2. The Morgan fingerprint density at radius 2 is 1.77 bits per heavy atom. The molecular weight excluding hydrogens is 613 g/mol. The Bertz CT molecular complexity index is 1780. The maximum atomic E-state index is 14.5. The number of aryl methyl sites for hydroxylation is 2. The van der Waals surface area contributed by atoms with Gasteiger partial charge < -0.3 is 29.2 Å². The molecule has 3 heterocycles. The van der Waals surface area contributed by atoms with E-state index in [1.165, 1.54) is 6.07 Å². The van der Waals surface area contributed by atoms with E-state index in [2.05, 4.69) is 13.8 Å². The number of aromatic hydroxyl groups is 1. The van der Waals surface area contributed by atoms with Crippen LogP contribution < -0.4 is 14.4 Å². The highest BCUT2D eigenvalue weighted by molar-refractivity contribution is 5.95. The molecule has 0 unspecified atom stereocenters. The maximum Gasteiger partial charge on any atom is 0.308 e. The van der Waals surface area contributed by atoms with Crippen molar-refractivity contribution in [3.63, 3.8) is 0 Å². The van der Waals surface area contributed by atoms with Crippen LogP contribution in [0, 0.1) is 18.7 Å². The fourth-order valence-electron chi connectivity index (χ4n) is 7.63. The van der Waals surface area contributed by atoms with Crippen molar-refractivity contribution in [3.05, 3.63) is 83.8 Å². The average molecular weight is 658 g/mol. The first-order chi connectivity index (χ1) is 23.2. The third kappa shape index (κ3) is 6.58. The first kappa shape index (κ1) is 33.3. The van der Waals surface area contributed by atoms with Crippen LogP contribution in [0.1, 0.15) is 63.0 Å². The van der Waals surface area contributed by atoms with Crippen LogP contribution in [0.15, 0.2) is 66.9 Å². The fraction of sp³-hybridized carbons (Fsp3) is 0.421. The van der Waals surface area contributed by atoms with Crippen molar-refractivity contribution in [3.8, 4) is 17.4 Å². The van der Waals surface area contributed by atoms with Crippen molar-refractivity contribution in [2.24, 2.45) is 5.92 Å². The zero-order chi connectivity index (χ0) is 33.9. The molecule has 6 rings (SSSR count). The average Bonchev–Trinajstić information content (AvgIpc) is 3.77. The Morgan fingerprint density at radius 3 is 2.48 bits per heavy atom. The summed E-state index contributed by atoms with van der Waals surface area (Å²) in [5.74, 6) is -1.35. The number of carboxylic acid groups (broad SMARTS) is 1. The van der Waals surface area contributed by atoms with E-state index in [-0.39, 0.29) is 37.0 Å². The first-order valence-electron chi connectivity index (χ1n) is 16.9. The molecule has 0 saturated carbocycles. The van der Waals surface area contributed by atoms with Gasteiger partial charge in [0.05, 0.1) is 12.5 Å². The minimum atomic E-state index is -0.944. The summed E-state index contributed by atoms with van der Waals surface area (Å²) in [4.78, 5) is 31.4. The Balaban J connectivity index is 1.35. The molecule has 0 radical (unpaired) electrons. The molecule has 1 amide bonds. The summed E-state index contributed by atoms with van der Waals surface area (Å²) in [5, 5.41) is 23.3. The number of hydrogen-bond acceptors (Lipinski definition) is 6. The van der Waals surface area contributed by atoms with Gasteiger partial charge in [-0.1, -0.05) is 51.0 Å². The van der Waals surface area contributed by atoms with E-state index in [1.54, 1.807) is 23.6 Å². The zero-order valence-corrected chi connectivity index (χ0v) is 27.8. The topological polar surface area (TPSA) is 104 Å². The van der Waals surface area contributed by atoms with Gasteiger partial charge in [-0.05, 0) is 73.7 Å². The summed E-state index contributed by atoms with van der Waals surface area (Å²) in [7, 11) is 0. The largest absolute Gasteiger partial charge is 0.494 e. The molecule has 2 N–H and O–H groups in total. The van der Waals surface area contributed by atoms with Gasteiger partial charge in [-0.15, -0.1) is 0 Å². The number of likely N-dealkylation sites (tertiary alicyclic amines) is 1. The maximum absolute atomic E-state index is 14.5. The number of benzene rings is 3. The molecule has 254 valence electrons. The number of nitrogens with zero attached hydrogens (tertiary/aromatic N) is 3. The summed E-state index contributed by atoms with van der Waals surface area (Å²) in [6.45, 7) is 6.68. The summed E-state index contributed by atoms with van der Waals surface area (Å²) in [5.41, 5.74) is 1.92. The predicted octanol–water partition coefficient (Wildman–Crippen LogP) is 7.08. The van der Waals surface area contributed by atoms with Gasteiger partial charge in [0.2, 0.25) is 12.7 Å². The number of aromatic nitrogens is 1. The predicted molar refractivity (Wildman–Crippen MR) is 182 cm³/mol. The van der Waals surface area contributed by atoms with Gasteiger partial charge in [-0.2, -0.15) is 0 Å². The molecule has 3 aromatic carbocycles. The number of carbonyl (C=O) groups excluding carboxylic acids is 1. The third-order valence-corrected chi connectivity index (χ3v) is 9.93. The standard InChI is InChI=1S/C38H44FN3O6/c1-4-8-27(9-5-2)42(28-13-14-31(39)24(3)18-28)35(43)22-41-21-30(25-12-15-33-34(19-25)48-23-47-33)36(38(45)46)32(41)16-17-40-20-26-10-6-7-11-29(26)37(40)44/h6-7,10-15,18-20,27,30,32,36,44H,4-5,8-9,16-17,21-23H2,1-3H3,(H,45,46)/t30-,32+,36-/m1/s1. The Kier molecular flexibility index (Phi) is 9.91. The van der Waals surface area contributed by atoms with E-state index in [0.29, 0.717) is 42.3 Å². The minimum absolute atomic E-state index is 0.00448. The second kappa shape index (κ2) is 14.3. The number of fused-ring (bicyclic) bond motifs is 2. The fourth-order valence-corrected chi connectivity index (χ4v) is 7.63. The highest BCUT2D eigenvalue weighted by Gasteiger charge is 2.47. The lowest BCUT2D eigenvalue weighted by atomic mass is 9.84. The lowest BCUT2D eigenvalue weighted by Gasteiger charge is -2.35. The van der Waals surface area contributed by atoms with Crippen LogP contribution in [0.4, 0.5) is 10.1 Å². The highest BCUT2D eigenvalue weighted by atomic mass is 19.1. The number of anilines is 1. The number of amides is 1. The van der Waals surface area contributed by atoms with Gasteiger partial charge in [0.15, 0.2) is 17.4 Å². The molecule has 2 aliphatic rings. The van der Waals surface area contributed by atoms with E-state index in [9.17, 15) is 24.2 Å². The Labute approximate surface area is 280 Å². The van der Waals surface area contributed by atoms with Crippen molar-refractivity contribution in [1.82, 2.24) is 9.47 Å². The van der Waals surface area contributed by atoms with Crippen molar-refractivity contribution < 1.29 is 33.7 Å². The monoisotopic (exact) mass is 657 g/mol. The molecule has 2 aliphatic heterocycles. The molecule has 0 bridgehead atoms. The lowest BCUT2D eigenvalue weighted by molar-refractivity contribution is -0.143. The zero-order valence-electron chi connectivity index (χ0n) is 27.8. The summed E-state index contributed by atoms with van der Waals surface area (Å²) in [6, 6.07) is 17.3. The number of rotatable bonds is 13. The van der Waals surface area contributed by atoms with Crippen LogP contribution in [0.5, 0.6) is 17.4 Å². The van der Waals surface area contributed by atoms with Gasteiger partial charge in [-0.3, -0.25) is 14.5 Å². The van der Waals surface area contributed by atoms with Crippen LogP contribution in [0.25, 0.3) is 10.8 Å². The SMILES string of the molecule is CCCC(CCC)N(C(=O)CN1C[C@H](c2ccc3c(c2)OCO3)[C@@H](C(=O)O)[C@@H]1CCn1cc2ccccc2c1O)c1ccc(F)c(C)c1. The molecule has 10 heteroatoms. The van der Waals surface area contributed by atoms with Crippen molar-refractivity contribution >= 4 is 28.3 Å². The van der Waals surface area contributed by atoms with Crippen LogP contribution in [0.2, 0.25) is 0 Å². The van der Waals surface area contributed by atoms with E-state index >= 15 is 0 Å². The first-order valence-corrected chi connectivity index (χ1v) is 16.9. The van der Waals surface area contributed by atoms with E-state index in [4.69, 9.17) is 9.47 Å². The van der Waals surface area contributed by atoms with Gasteiger partial charge in [0.25, 0.3) is 0 Å². The van der Waals surface area contributed by atoms with Gasteiger partial charge >= 0.3 is 5.97 Å². The van der Waals surface area contributed by atoms with Crippen LogP contribution >= 0.6 is 0 Å². The van der Waals surface area contributed by atoms with Crippen molar-refractivity contribution in [2.75, 3.05) is 24.8 Å². The molecule has 3 atom stereocenters. The highest BCUT2D eigenvalue weighted by Crippen LogP contribution is 2.43. The summed E-state index contributed by atoms with van der Waals surface area (Å²) < 4.78 is 27.3. The molecule has 0 aliphatic carbocycles. The Morgan fingerprint density at radius 1 is 1.02 bits per heavy atom. The molecule has 0 spiro atoms. The number of ether oxygens (including phenoxy) is 2. The number of carboxylic acids is 1. The van der Waals surface area contributed by atoms with Gasteiger partial charge in [0.1, 0.15) is 5.82 Å². The number of halogens is 1. The molecule has 1 fully saturated rings. The van der Waals surface area contributed by atoms with E-state index in [0.717, 1.165) is 42.0 Å². The molecular formula is C38H44FN3O6. The van der Waals surface area contributed by atoms with Crippen LogP contribution in [-0.2, 0) is 16.1 Å². The molecule has 48 heavy (non-hydrogen) atoms. The summed E-state index contributed by atoms with van der Waals surface area (Å²) in [6.07, 6.45) is 5.60. The molecule has 1 aromatic heterocycles. The minimum Gasteiger partial charge on any atom is -0.494 e. The van der Waals surface area contributed by atoms with Crippen LogP contribution in [0.3, 0.4) is 0 Å². The number of hydrogen-bond donors (Lipinski definition) is 2. The second-order valence-corrected chi connectivity index (χ2v) is 13.0. The normalized spacial score (nSPS) is 19.0. The van der Waals surface area contributed by atoms with Crippen molar-refractivity contribution in [1.29, 1.82) is 0 Å². The smallest absolute Gasteiger partial charge is 0.308 e. The number of aliphatic carboxylic acids is 1. The second-order valence-electron chi connectivity index (χ2n) is 13.0. The summed E-state index contributed by atoms with van der Waals surface area (Å²) >= 11 is 0. The quantitative estimate of drug-likeness (QED) is 0.158. The van der Waals surface area contributed by atoms with E-state index < -0.39 is 23.8 Å². The van der Waals surface area contributed by atoms with Crippen molar-refractivity contribution in [2.45, 2.75) is 77.4 Å². The Hall–Kier alpha value is -4.57. The van der Waals surface area contributed by atoms with Gasteiger partial charge in [-0.25, -0.2) is 4.39 Å². The molecule has 4 aromatic rings.